The van der Waals surface area contributed by atoms with Gasteiger partial charge in [-0.1, -0.05) is 6.92 Å². The van der Waals surface area contributed by atoms with Gasteiger partial charge in [0.2, 0.25) is 0 Å². The van der Waals surface area contributed by atoms with Crippen LogP contribution in [0.25, 0.3) is 0 Å². The van der Waals surface area contributed by atoms with Crippen LogP contribution in [0.1, 0.15) is 23.0 Å². The second-order valence-electron chi connectivity index (χ2n) is 4.14. The Hall–Kier alpha value is -1.42. The molecule has 1 aliphatic rings. The third-order valence-corrected chi connectivity index (χ3v) is 2.59. The van der Waals surface area contributed by atoms with Crippen LogP contribution in [0.4, 0.5) is 0 Å². The number of carboxylic acid groups (broad SMARTS) is 1. The molecule has 0 amide bonds. The lowest BCUT2D eigenvalue weighted by molar-refractivity contribution is 0.0695. The largest absolute Gasteiger partial charge is 0.478 e. The molecule has 80 valence electrons. The predicted octanol–water partition coefficient (Wildman–Crippen LogP) is 1.23. The van der Waals surface area contributed by atoms with E-state index in [9.17, 15) is 4.79 Å². The SMILES string of the molecule is CC1CN(Cc2cc(C(=O)O)ccn2)C1. The summed E-state index contributed by atoms with van der Waals surface area (Å²) >= 11 is 0. The van der Waals surface area contributed by atoms with Gasteiger partial charge in [0.15, 0.2) is 0 Å². The van der Waals surface area contributed by atoms with Gasteiger partial charge in [-0.25, -0.2) is 4.79 Å². The topological polar surface area (TPSA) is 53.4 Å². The molecule has 0 atom stereocenters. The molecule has 0 bridgehead atoms. The van der Waals surface area contributed by atoms with Gasteiger partial charge in [-0.05, 0) is 18.1 Å². The number of aromatic carboxylic acids is 1. The summed E-state index contributed by atoms with van der Waals surface area (Å²) in [6.07, 6.45) is 1.56. The van der Waals surface area contributed by atoms with Crippen molar-refractivity contribution in [2.75, 3.05) is 13.1 Å². The molecule has 0 unspecified atom stereocenters. The van der Waals surface area contributed by atoms with Crippen molar-refractivity contribution >= 4 is 5.97 Å². The van der Waals surface area contributed by atoms with Gasteiger partial charge in [-0.15, -0.1) is 0 Å². The third kappa shape index (κ3) is 2.33. The zero-order valence-corrected chi connectivity index (χ0v) is 8.68. The van der Waals surface area contributed by atoms with Crippen molar-refractivity contribution in [3.8, 4) is 0 Å². The summed E-state index contributed by atoms with van der Waals surface area (Å²) in [6, 6.07) is 3.16. The van der Waals surface area contributed by atoms with Gasteiger partial charge >= 0.3 is 5.97 Å². The fourth-order valence-electron chi connectivity index (χ4n) is 1.88. The number of pyridine rings is 1. The first-order valence-electron chi connectivity index (χ1n) is 5.05. The molecule has 1 aromatic rings. The average molecular weight is 206 g/mol. The maximum atomic E-state index is 10.7. The molecule has 0 saturated carbocycles. The minimum atomic E-state index is -0.893. The van der Waals surface area contributed by atoms with Crippen molar-refractivity contribution in [1.29, 1.82) is 0 Å². The van der Waals surface area contributed by atoms with Crippen LogP contribution in [0.15, 0.2) is 18.3 Å². The standard InChI is InChI=1S/C11H14N2O2/c1-8-5-13(6-8)7-10-4-9(11(14)15)2-3-12-10/h2-4,8H,5-7H2,1H3,(H,14,15). The van der Waals surface area contributed by atoms with Gasteiger partial charge in [0.1, 0.15) is 0 Å². The zero-order chi connectivity index (χ0) is 10.8. The Kier molecular flexibility index (Phi) is 2.68. The third-order valence-electron chi connectivity index (χ3n) is 2.59. The summed E-state index contributed by atoms with van der Waals surface area (Å²) in [6.45, 7) is 5.13. The maximum absolute atomic E-state index is 10.7. The van der Waals surface area contributed by atoms with E-state index in [0.29, 0.717) is 5.56 Å². The number of aromatic nitrogens is 1. The molecular formula is C11H14N2O2. The Labute approximate surface area is 88.6 Å². The molecule has 0 radical (unpaired) electrons. The number of rotatable bonds is 3. The minimum absolute atomic E-state index is 0.313. The first-order valence-corrected chi connectivity index (χ1v) is 5.05. The molecule has 2 heterocycles. The Morgan fingerprint density at radius 1 is 1.67 bits per heavy atom. The molecule has 1 aromatic heterocycles. The summed E-state index contributed by atoms with van der Waals surface area (Å²) in [5.74, 6) is -0.136. The van der Waals surface area contributed by atoms with Crippen LogP contribution < -0.4 is 0 Å². The lowest BCUT2D eigenvalue weighted by atomic mass is 10.0. The van der Waals surface area contributed by atoms with Crippen molar-refractivity contribution in [3.63, 3.8) is 0 Å². The van der Waals surface area contributed by atoms with Crippen molar-refractivity contribution in [1.82, 2.24) is 9.88 Å². The van der Waals surface area contributed by atoms with E-state index in [4.69, 9.17) is 5.11 Å². The van der Waals surface area contributed by atoms with Crippen LogP contribution >= 0.6 is 0 Å². The zero-order valence-electron chi connectivity index (χ0n) is 8.68. The van der Waals surface area contributed by atoms with Gasteiger partial charge < -0.3 is 5.11 Å². The molecule has 0 spiro atoms. The highest BCUT2D eigenvalue weighted by molar-refractivity contribution is 5.87. The highest BCUT2D eigenvalue weighted by Gasteiger charge is 2.22. The quantitative estimate of drug-likeness (QED) is 0.808. The molecule has 4 heteroatoms. The Balaban J connectivity index is 2.02. The average Bonchev–Trinajstić information content (AvgIpc) is 2.16. The smallest absolute Gasteiger partial charge is 0.335 e. The number of carboxylic acids is 1. The summed E-state index contributed by atoms with van der Waals surface area (Å²) in [5.41, 5.74) is 1.15. The first kappa shape index (κ1) is 10.1. The molecule has 1 aliphatic heterocycles. The van der Waals surface area contributed by atoms with Crippen LogP contribution in [-0.2, 0) is 6.54 Å². The molecule has 4 nitrogen and oxygen atoms in total. The van der Waals surface area contributed by atoms with E-state index in [0.717, 1.165) is 31.2 Å². The first-order chi connectivity index (χ1) is 7.15. The van der Waals surface area contributed by atoms with E-state index in [2.05, 4.69) is 16.8 Å². The van der Waals surface area contributed by atoms with E-state index in [-0.39, 0.29) is 0 Å². The van der Waals surface area contributed by atoms with E-state index >= 15 is 0 Å². The normalized spacial score (nSPS) is 17.4. The number of likely N-dealkylation sites (tertiary alicyclic amines) is 1. The molecule has 1 N–H and O–H groups in total. The Morgan fingerprint density at radius 2 is 2.40 bits per heavy atom. The van der Waals surface area contributed by atoms with Gasteiger partial charge in [0, 0.05) is 25.8 Å². The second kappa shape index (κ2) is 3.98. The van der Waals surface area contributed by atoms with Crippen LogP contribution in [0.5, 0.6) is 0 Å². The monoisotopic (exact) mass is 206 g/mol. The van der Waals surface area contributed by atoms with Crippen LogP contribution in [0, 0.1) is 5.92 Å². The van der Waals surface area contributed by atoms with Crippen molar-refractivity contribution in [2.24, 2.45) is 5.92 Å². The van der Waals surface area contributed by atoms with E-state index < -0.39 is 5.97 Å². The number of hydrogen-bond donors (Lipinski definition) is 1. The maximum Gasteiger partial charge on any atom is 0.335 e. The number of hydrogen-bond acceptors (Lipinski definition) is 3. The predicted molar refractivity (Wildman–Crippen MR) is 55.6 cm³/mol. The molecule has 1 saturated heterocycles. The number of carbonyl (C=O) groups is 1. The second-order valence-corrected chi connectivity index (χ2v) is 4.14. The van der Waals surface area contributed by atoms with E-state index in [1.54, 1.807) is 12.3 Å². The van der Waals surface area contributed by atoms with Crippen molar-refractivity contribution in [3.05, 3.63) is 29.6 Å². The lowest BCUT2D eigenvalue weighted by Gasteiger charge is -2.36. The summed E-state index contributed by atoms with van der Waals surface area (Å²) in [4.78, 5) is 17.2. The molecule has 15 heavy (non-hydrogen) atoms. The summed E-state index contributed by atoms with van der Waals surface area (Å²) < 4.78 is 0. The van der Waals surface area contributed by atoms with Crippen LogP contribution in [0.3, 0.4) is 0 Å². The van der Waals surface area contributed by atoms with E-state index in [1.165, 1.54) is 6.07 Å². The fourth-order valence-corrected chi connectivity index (χ4v) is 1.88. The minimum Gasteiger partial charge on any atom is -0.478 e. The number of nitrogens with zero attached hydrogens (tertiary/aromatic N) is 2. The molecule has 0 aromatic carbocycles. The Bertz CT molecular complexity index is 373. The molecule has 2 rings (SSSR count). The van der Waals surface area contributed by atoms with Crippen LogP contribution in [-0.4, -0.2) is 34.0 Å². The lowest BCUT2D eigenvalue weighted by Crippen LogP contribution is -2.44. The Morgan fingerprint density at radius 3 is 3.00 bits per heavy atom. The fraction of sp³-hybridized carbons (Fsp3) is 0.455. The van der Waals surface area contributed by atoms with Gasteiger partial charge in [0.05, 0.1) is 11.3 Å². The summed E-state index contributed by atoms with van der Waals surface area (Å²) in [5, 5.41) is 8.82. The molecular weight excluding hydrogens is 192 g/mol. The van der Waals surface area contributed by atoms with Crippen LogP contribution in [0.2, 0.25) is 0 Å². The van der Waals surface area contributed by atoms with Crippen molar-refractivity contribution in [2.45, 2.75) is 13.5 Å². The van der Waals surface area contributed by atoms with Crippen molar-refractivity contribution < 1.29 is 9.90 Å². The van der Waals surface area contributed by atoms with E-state index in [1.807, 2.05) is 0 Å². The van der Waals surface area contributed by atoms with Gasteiger partial charge in [-0.3, -0.25) is 9.88 Å². The molecule has 1 fully saturated rings. The highest BCUT2D eigenvalue weighted by Crippen LogP contribution is 2.17. The van der Waals surface area contributed by atoms with Gasteiger partial charge in [0.25, 0.3) is 0 Å². The summed E-state index contributed by atoms with van der Waals surface area (Å²) in [7, 11) is 0. The highest BCUT2D eigenvalue weighted by atomic mass is 16.4. The van der Waals surface area contributed by atoms with Gasteiger partial charge in [-0.2, -0.15) is 0 Å². The molecule has 0 aliphatic carbocycles.